The van der Waals surface area contributed by atoms with Crippen LogP contribution in [-0.2, 0) is 14.3 Å². The zero-order valence-corrected chi connectivity index (χ0v) is 19.7. The molecule has 6 nitrogen and oxygen atoms in total. The van der Waals surface area contributed by atoms with Crippen LogP contribution in [0.2, 0.25) is 0 Å². The molecule has 2 N–H and O–H groups in total. The van der Waals surface area contributed by atoms with E-state index in [1.54, 1.807) is 42.5 Å². The topological polar surface area (TPSA) is 101 Å². The SMILES string of the molecule is C[C@]12C=CC(=O)C=C1CCC1C2C(O)C[C@@]2(C)C1CC[C@]2(O)C(=O)COC(=O)c1ccccc1. The molecule has 7 atom stereocenters. The summed E-state index contributed by atoms with van der Waals surface area (Å²) in [7, 11) is 0. The molecule has 6 heteroatoms. The summed E-state index contributed by atoms with van der Waals surface area (Å²) in [6.45, 7) is 3.51. The first kappa shape index (κ1) is 23.2. The van der Waals surface area contributed by atoms with Gasteiger partial charge in [-0.25, -0.2) is 4.79 Å². The van der Waals surface area contributed by atoms with Gasteiger partial charge in [0.15, 0.2) is 12.4 Å². The van der Waals surface area contributed by atoms with Gasteiger partial charge in [0.1, 0.15) is 5.60 Å². The molecule has 0 saturated heterocycles. The summed E-state index contributed by atoms with van der Waals surface area (Å²) in [5, 5.41) is 23.1. The molecular weight excluding hydrogens is 432 g/mol. The standard InChI is InChI=1S/C28H32O6/c1-26-12-10-19(29)14-18(26)8-9-20-21-11-13-28(33,27(21,2)15-22(30)24(20)26)23(31)16-34-25(32)17-6-4-3-5-7-17/h3-7,10,12,14,20-22,24,30,33H,8-9,11,13,15-16H2,1-2H3/t20?,21?,22?,24?,26-,27-,28-/m0/s1. The summed E-state index contributed by atoms with van der Waals surface area (Å²) < 4.78 is 5.26. The van der Waals surface area contributed by atoms with Crippen molar-refractivity contribution in [3.63, 3.8) is 0 Å². The van der Waals surface area contributed by atoms with Crippen molar-refractivity contribution in [3.05, 3.63) is 59.7 Å². The van der Waals surface area contributed by atoms with Crippen molar-refractivity contribution in [2.45, 2.75) is 57.7 Å². The minimum atomic E-state index is -1.66. The first-order valence-corrected chi connectivity index (χ1v) is 12.2. The summed E-state index contributed by atoms with van der Waals surface area (Å²) in [4.78, 5) is 37.6. The third-order valence-corrected chi connectivity index (χ3v) is 9.45. The zero-order chi connectivity index (χ0) is 24.3. The number of hydrogen-bond acceptors (Lipinski definition) is 6. The van der Waals surface area contributed by atoms with E-state index in [0.29, 0.717) is 24.8 Å². The average Bonchev–Trinajstić information content (AvgIpc) is 3.09. The molecule has 4 aliphatic carbocycles. The maximum atomic E-state index is 13.3. The lowest BCUT2D eigenvalue weighted by Crippen LogP contribution is -2.61. The van der Waals surface area contributed by atoms with E-state index < -0.39 is 40.9 Å². The van der Waals surface area contributed by atoms with Crippen molar-refractivity contribution in [3.8, 4) is 0 Å². The van der Waals surface area contributed by atoms with Gasteiger partial charge in [-0.05, 0) is 68.2 Å². The van der Waals surface area contributed by atoms with Crippen molar-refractivity contribution < 1.29 is 29.3 Å². The molecule has 0 spiro atoms. The molecule has 0 aliphatic heterocycles. The largest absolute Gasteiger partial charge is 0.454 e. The number of benzene rings is 1. The number of ether oxygens (including phenoxy) is 1. The highest BCUT2D eigenvalue weighted by Crippen LogP contribution is 2.67. The monoisotopic (exact) mass is 464 g/mol. The third kappa shape index (κ3) is 3.26. The van der Waals surface area contributed by atoms with E-state index in [4.69, 9.17) is 4.74 Å². The van der Waals surface area contributed by atoms with Gasteiger partial charge in [-0.1, -0.05) is 43.7 Å². The summed E-state index contributed by atoms with van der Waals surface area (Å²) in [5.41, 5.74) is -1.44. The zero-order valence-electron chi connectivity index (χ0n) is 19.7. The van der Waals surface area contributed by atoms with Crippen LogP contribution in [0.5, 0.6) is 0 Å². The molecule has 0 heterocycles. The Labute approximate surface area is 199 Å². The highest BCUT2D eigenvalue weighted by molar-refractivity contribution is 6.01. The Balaban J connectivity index is 1.37. The van der Waals surface area contributed by atoms with Crippen LogP contribution in [0, 0.1) is 28.6 Å². The van der Waals surface area contributed by atoms with Crippen LogP contribution < -0.4 is 0 Å². The smallest absolute Gasteiger partial charge is 0.338 e. The molecular formula is C28H32O6. The molecule has 1 aromatic carbocycles. The Hall–Kier alpha value is -2.57. The highest BCUT2D eigenvalue weighted by Gasteiger charge is 2.68. The number of aliphatic hydroxyl groups excluding tert-OH is 1. The number of esters is 1. The average molecular weight is 465 g/mol. The van der Waals surface area contributed by atoms with Gasteiger partial charge in [-0.15, -0.1) is 0 Å². The summed E-state index contributed by atoms with van der Waals surface area (Å²) in [6, 6.07) is 8.46. The summed E-state index contributed by atoms with van der Waals surface area (Å²) in [5.74, 6) is -0.987. The number of aliphatic hydroxyl groups is 2. The van der Waals surface area contributed by atoms with E-state index >= 15 is 0 Å². The second kappa shape index (κ2) is 7.99. The minimum absolute atomic E-state index is 0.00745. The van der Waals surface area contributed by atoms with Gasteiger partial charge in [0.05, 0.1) is 11.7 Å². The van der Waals surface area contributed by atoms with Crippen LogP contribution in [0.4, 0.5) is 0 Å². The molecule has 34 heavy (non-hydrogen) atoms. The number of carbonyl (C=O) groups excluding carboxylic acids is 3. The molecule has 180 valence electrons. The van der Waals surface area contributed by atoms with Crippen molar-refractivity contribution in [2.24, 2.45) is 28.6 Å². The Morgan fingerprint density at radius 2 is 1.88 bits per heavy atom. The van der Waals surface area contributed by atoms with Gasteiger partial charge >= 0.3 is 5.97 Å². The van der Waals surface area contributed by atoms with Crippen LogP contribution in [0.1, 0.15) is 56.3 Å². The molecule has 0 amide bonds. The van der Waals surface area contributed by atoms with Gasteiger partial charge in [-0.3, -0.25) is 9.59 Å². The van der Waals surface area contributed by atoms with Crippen molar-refractivity contribution in [1.82, 2.24) is 0 Å². The lowest BCUT2D eigenvalue weighted by Gasteiger charge is -2.59. The number of Topliss-reactive ketones (excluding diaryl/α,β-unsaturated/α-hetero) is 1. The molecule has 0 aromatic heterocycles. The Bertz CT molecular complexity index is 1090. The Kier molecular flexibility index (Phi) is 5.45. The van der Waals surface area contributed by atoms with Crippen molar-refractivity contribution in [1.29, 1.82) is 0 Å². The first-order valence-electron chi connectivity index (χ1n) is 12.2. The van der Waals surface area contributed by atoms with E-state index in [1.807, 2.05) is 13.0 Å². The number of fused-ring (bicyclic) bond motifs is 5. The van der Waals surface area contributed by atoms with E-state index in [-0.39, 0.29) is 23.5 Å². The fourth-order valence-electron chi connectivity index (χ4n) is 7.70. The number of ketones is 2. The molecule has 3 fully saturated rings. The van der Waals surface area contributed by atoms with Gasteiger partial charge in [0.2, 0.25) is 5.78 Å². The maximum Gasteiger partial charge on any atom is 0.338 e. The van der Waals surface area contributed by atoms with Crippen LogP contribution in [-0.4, -0.2) is 46.1 Å². The Morgan fingerprint density at radius 1 is 1.15 bits per heavy atom. The van der Waals surface area contributed by atoms with Gasteiger partial charge in [0.25, 0.3) is 0 Å². The van der Waals surface area contributed by atoms with E-state index in [2.05, 4.69) is 6.92 Å². The van der Waals surface area contributed by atoms with E-state index in [1.165, 1.54) is 0 Å². The second-order valence-electron chi connectivity index (χ2n) is 11.0. The maximum absolute atomic E-state index is 13.3. The van der Waals surface area contributed by atoms with Crippen molar-refractivity contribution >= 4 is 17.5 Å². The molecule has 4 aliphatic rings. The lowest BCUT2D eigenvalue weighted by atomic mass is 9.46. The van der Waals surface area contributed by atoms with Gasteiger partial charge in [-0.2, -0.15) is 0 Å². The van der Waals surface area contributed by atoms with Crippen LogP contribution in [0.15, 0.2) is 54.1 Å². The predicted molar refractivity (Wildman–Crippen MR) is 125 cm³/mol. The van der Waals surface area contributed by atoms with Gasteiger partial charge in [0, 0.05) is 16.7 Å². The Morgan fingerprint density at radius 3 is 2.62 bits per heavy atom. The van der Waals surface area contributed by atoms with E-state index in [9.17, 15) is 24.6 Å². The van der Waals surface area contributed by atoms with Crippen LogP contribution in [0.3, 0.4) is 0 Å². The first-order chi connectivity index (χ1) is 16.1. The number of rotatable bonds is 4. The predicted octanol–water partition coefficient (Wildman–Crippen LogP) is 3.42. The van der Waals surface area contributed by atoms with Gasteiger partial charge < -0.3 is 14.9 Å². The summed E-state index contributed by atoms with van der Waals surface area (Å²) >= 11 is 0. The quantitative estimate of drug-likeness (QED) is 0.662. The van der Waals surface area contributed by atoms with Crippen molar-refractivity contribution in [2.75, 3.05) is 6.61 Å². The van der Waals surface area contributed by atoms with Crippen LogP contribution >= 0.6 is 0 Å². The molecule has 3 saturated carbocycles. The summed E-state index contributed by atoms with van der Waals surface area (Å²) in [6.07, 6.45) is 7.39. The molecule has 1 aromatic rings. The minimum Gasteiger partial charge on any atom is -0.454 e. The molecule has 0 radical (unpaired) electrons. The lowest BCUT2D eigenvalue weighted by molar-refractivity contribution is -0.178. The molecule has 4 unspecified atom stereocenters. The normalized spacial score (nSPS) is 40.6. The number of carbonyl (C=O) groups is 3. The molecule has 5 rings (SSSR count). The molecule has 0 bridgehead atoms. The second-order valence-corrected chi connectivity index (χ2v) is 11.0. The number of allylic oxidation sites excluding steroid dienone is 4. The van der Waals surface area contributed by atoms with E-state index in [0.717, 1.165) is 18.4 Å². The highest BCUT2D eigenvalue weighted by atomic mass is 16.5. The third-order valence-electron chi connectivity index (χ3n) is 9.45. The van der Waals surface area contributed by atoms with Crippen LogP contribution in [0.25, 0.3) is 0 Å². The number of hydrogen-bond donors (Lipinski definition) is 2. The fourth-order valence-corrected chi connectivity index (χ4v) is 7.70. The fraction of sp³-hybridized carbons (Fsp3) is 0.536.